The molecular formula is C18H17NOS2. The Labute approximate surface area is 139 Å². The molecule has 2 aromatic carbocycles. The molecule has 0 bridgehead atoms. The van der Waals surface area contributed by atoms with Crippen molar-refractivity contribution in [2.24, 2.45) is 0 Å². The standard InChI is InChI=1S/C18H17NOS2/c19-12-15-4-1-2-5-16(15)13-20-17-8-6-14(7-9-17)18-21-10-3-11-22-18/h1-2,4-9,18H,3,10-11,13H2. The fourth-order valence-electron chi connectivity index (χ4n) is 2.32. The Morgan fingerprint density at radius 3 is 2.50 bits per heavy atom. The Bertz CT molecular complexity index is 658. The molecule has 1 heterocycles. The van der Waals surface area contributed by atoms with E-state index in [0.29, 0.717) is 16.8 Å². The number of benzene rings is 2. The van der Waals surface area contributed by atoms with E-state index in [0.717, 1.165) is 11.3 Å². The van der Waals surface area contributed by atoms with Gasteiger partial charge in [-0.3, -0.25) is 0 Å². The van der Waals surface area contributed by atoms with Crippen LogP contribution >= 0.6 is 23.5 Å². The Morgan fingerprint density at radius 1 is 1.05 bits per heavy atom. The summed E-state index contributed by atoms with van der Waals surface area (Å²) in [6, 6.07) is 18.1. The first kappa shape index (κ1) is 15.3. The van der Waals surface area contributed by atoms with Gasteiger partial charge in [-0.05, 0) is 41.7 Å². The zero-order valence-corrected chi connectivity index (χ0v) is 13.8. The molecule has 1 aliphatic rings. The Balaban J connectivity index is 1.62. The van der Waals surface area contributed by atoms with Gasteiger partial charge in [0.1, 0.15) is 12.4 Å². The van der Waals surface area contributed by atoms with Crippen molar-refractivity contribution in [2.75, 3.05) is 11.5 Å². The number of nitrogens with zero attached hydrogens (tertiary/aromatic N) is 1. The van der Waals surface area contributed by atoms with Gasteiger partial charge in [-0.15, -0.1) is 23.5 Å². The van der Waals surface area contributed by atoms with Crippen molar-refractivity contribution in [1.82, 2.24) is 0 Å². The Kier molecular flexibility index (Phi) is 5.31. The van der Waals surface area contributed by atoms with Crippen LogP contribution < -0.4 is 4.74 Å². The van der Waals surface area contributed by atoms with Crippen LogP contribution in [0.25, 0.3) is 0 Å². The topological polar surface area (TPSA) is 33.0 Å². The molecule has 1 saturated heterocycles. The van der Waals surface area contributed by atoms with E-state index < -0.39 is 0 Å². The van der Waals surface area contributed by atoms with E-state index in [1.54, 1.807) is 0 Å². The van der Waals surface area contributed by atoms with Crippen molar-refractivity contribution in [3.63, 3.8) is 0 Å². The molecule has 3 rings (SSSR count). The van der Waals surface area contributed by atoms with Crippen molar-refractivity contribution in [1.29, 1.82) is 5.26 Å². The van der Waals surface area contributed by atoms with Gasteiger partial charge in [0.05, 0.1) is 16.2 Å². The molecule has 0 amide bonds. The van der Waals surface area contributed by atoms with Crippen molar-refractivity contribution in [3.05, 3.63) is 65.2 Å². The average molecular weight is 327 g/mol. The van der Waals surface area contributed by atoms with Crippen LogP contribution in [0.4, 0.5) is 0 Å². The van der Waals surface area contributed by atoms with Crippen LogP contribution in [0.1, 0.15) is 27.7 Å². The molecule has 112 valence electrons. The van der Waals surface area contributed by atoms with Gasteiger partial charge in [-0.25, -0.2) is 0 Å². The summed E-state index contributed by atoms with van der Waals surface area (Å²) in [7, 11) is 0. The first-order valence-corrected chi connectivity index (χ1v) is 9.40. The van der Waals surface area contributed by atoms with Gasteiger partial charge in [-0.1, -0.05) is 30.3 Å². The first-order valence-electron chi connectivity index (χ1n) is 7.31. The smallest absolute Gasteiger partial charge is 0.119 e. The van der Waals surface area contributed by atoms with Gasteiger partial charge in [0.15, 0.2) is 0 Å². The van der Waals surface area contributed by atoms with Crippen LogP contribution in [-0.4, -0.2) is 11.5 Å². The van der Waals surface area contributed by atoms with Crippen LogP contribution in [-0.2, 0) is 6.61 Å². The molecule has 0 N–H and O–H groups in total. The first-order chi connectivity index (χ1) is 10.9. The lowest BCUT2D eigenvalue weighted by Gasteiger charge is -2.21. The maximum atomic E-state index is 9.09. The van der Waals surface area contributed by atoms with Crippen molar-refractivity contribution in [3.8, 4) is 11.8 Å². The van der Waals surface area contributed by atoms with E-state index in [1.165, 1.54) is 23.5 Å². The van der Waals surface area contributed by atoms with Gasteiger partial charge in [-0.2, -0.15) is 5.26 Å². The summed E-state index contributed by atoms with van der Waals surface area (Å²) in [6.45, 7) is 0.427. The van der Waals surface area contributed by atoms with Crippen LogP contribution in [0.5, 0.6) is 5.75 Å². The summed E-state index contributed by atoms with van der Waals surface area (Å²) >= 11 is 4.05. The SMILES string of the molecule is N#Cc1ccccc1COc1ccc(C2SCCCS2)cc1. The Morgan fingerprint density at radius 2 is 1.77 bits per heavy atom. The molecule has 0 saturated carbocycles. The minimum Gasteiger partial charge on any atom is -0.489 e. The molecule has 2 nitrogen and oxygen atoms in total. The zero-order chi connectivity index (χ0) is 15.2. The quantitative estimate of drug-likeness (QED) is 0.790. The molecule has 22 heavy (non-hydrogen) atoms. The highest BCUT2D eigenvalue weighted by atomic mass is 32.2. The summed E-state index contributed by atoms with van der Waals surface area (Å²) in [5.74, 6) is 3.35. The van der Waals surface area contributed by atoms with Crippen LogP contribution in [0, 0.1) is 11.3 Å². The van der Waals surface area contributed by atoms with Crippen LogP contribution in [0.3, 0.4) is 0 Å². The second kappa shape index (κ2) is 7.62. The lowest BCUT2D eigenvalue weighted by atomic mass is 10.1. The highest BCUT2D eigenvalue weighted by Crippen LogP contribution is 2.43. The molecule has 2 aromatic rings. The molecule has 0 atom stereocenters. The molecule has 1 fully saturated rings. The predicted molar refractivity (Wildman–Crippen MR) is 94.2 cm³/mol. The third-order valence-electron chi connectivity index (χ3n) is 3.51. The summed E-state index contributed by atoms with van der Waals surface area (Å²) in [5, 5.41) is 9.09. The second-order valence-electron chi connectivity index (χ2n) is 5.05. The molecule has 0 aromatic heterocycles. The van der Waals surface area contributed by atoms with E-state index in [1.807, 2.05) is 59.9 Å². The molecule has 0 radical (unpaired) electrons. The third-order valence-corrected chi connectivity index (χ3v) is 6.53. The van der Waals surface area contributed by atoms with Gasteiger partial charge < -0.3 is 4.74 Å². The van der Waals surface area contributed by atoms with Gasteiger partial charge in [0, 0.05) is 5.56 Å². The Hall–Kier alpha value is -1.57. The normalized spacial score (nSPS) is 15.2. The predicted octanol–water partition coefficient (Wildman–Crippen LogP) is 5.01. The number of hydrogen-bond acceptors (Lipinski definition) is 4. The highest BCUT2D eigenvalue weighted by molar-refractivity contribution is 8.16. The second-order valence-corrected chi connectivity index (χ2v) is 7.78. The molecule has 1 aliphatic heterocycles. The van der Waals surface area contributed by atoms with Gasteiger partial charge >= 0.3 is 0 Å². The third kappa shape index (κ3) is 3.79. The maximum Gasteiger partial charge on any atom is 0.119 e. The molecule has 0 aliphatic carbocycles. The highest BCUT2D eigenvalue weighted by Gasteiger charge is 2.16. The fraction of sp³-hybridized carbons (Fsp3) is 0.278. The lowest BCUT2D eigenvalue weighted by Crippen LogP contribution is -2.01. The summed E-state index contributed by atoms with van der Waals surface area (Å²) in [5.41, 5.74) is 2.96. The molecular weight excluding hydrogens is 310 g/mol. The van der Waals surface area contributed by atoms with E-state index in [4.69, 9.17) is 10.00 Å². The fourth-order valence-corrected chi connectivity index (χ4v) is 5.21. The number of ether oxygens (including phenoxy) is 1. The minimum absolute atomic E-state index is 0.427. The van der Waals surface area contributed by atoms with Gasteiger partial charge in [0.2, 0.25) is 0 Å². The van der Waals surface area contributed by atoms with E-state index in [-0.39, 0.29) is 0 Å². The largest absolute Gasteiger partial charge is 0.489 e. The maximum absolute atomic E-state index is 9.09. The van der Waals surface area contributed by atoms with Crippen molar-refractivity contribution in [2.45, 2.75) is 17.6 Å². The van der Waals surface area contributed by atoms with Crippen molar-refractivity contribution >= 4 is 23.5 Å². The number of thioether (sulfide) groups is 2. The number of rotatable bonds is 4. The zero-order valence-electron chi connectivity index (χ0n) is 12.2. The van der Waals surface area contributed by atoms with Crippen LogP contribution in [0.2, 0.25) is 0 Å². The monoisotopic (exact) mass is 327 g/mol. The van der Waals surface area contributed by atoms with Gasteiger partial charge in [0.25, 0.3) is 0 Å². The van der Waals surface area contributed by atoms with E-state index in [9.17, 15) is 0 Å². The molecule has 0 spiro atoms. The lowest BCUT2D eigenvalue weighted by molar-refractivity contribution is 0.306. The summed E-state index contributed by atoms with van der Waals surface area (Å²) in [6.07, 6.45) is 1.31. The summed E-state index contributed by atoms with van der Waals surface area (Å²) < 4.78 is 6.37. The summed E-state index contributed by atoms with van der Waals surface area (Å²) in [4.78, 5) is 0. The van der Waals surface area contributed by atoms with E-state index in [2.05, 4.69) is 18.2 Å². The van der Waals surface area contributed by atoms with E-state index >= 15 is 0 Å². The average Bonchev–Trinajstić information content (AvgIpc) is 2.61. The minimum atomic E-state index is 0.427. The number of nitriles is 1. The molecule has 4 heteroatoms. The number of hydrogen-bond donors (Lipinski definition) is 0. The van der Waals surface area contributed by atoms with Crippen molar-refractivity contribution < 1.29 is 4.74 Å². The van der Waals surface area contributed by atoms with Crippen LogP contribution in [0.15, 0.2) is 48.5 Å². The molecule has 0 unspecified atom stereocenters.